The van der Waals surface area contributed by atoms with E-state index in [0.29, 0.717) is 13.2 Å². The lowest BCUT2D eigenvalue weighted by Gasteiger charge is -2.28. The third-order valence-corrected chi connectivity index (χ3v) is 8.03. The zero-order chi connectivity index (χ0) is 27.0. The first-order chi connectivity index (χ1) is 18.1. The van der Waals surface area contributed by atoms with Crippen LogP contribution in [0.2, 0.25) is 0 Å². The molecule has 1 aliphatic rings. The van der Waals surface area contributed by atoms with Crippen LogP contribution in [0.5, 0.6) is 0 Å². The van der Waals surface area contributed by atoms with Crippen molar-refractivity contribution in [1.29, 1.82) is 0 Å². The van der Waals surface area contributed by atoms with Crippen molar-refractivity contribution in [2.45, 2.75) is 168 Å². The second-order valence-electron chi connectivity index (χ2n) is 12.0. The molecule has 0 aromatic carbocycles. The van der Waals surface area contributed by atoms with Crippen LogP contribution >= 0.6 is 0 Å². The van der Waals surface area contributed by atoms with Gasteiger partial charge in [-0.2, -0.15) is 0 Å². The van der Waals surface area contributed by atoms with Gasteiger partial charge in [0.1, 0.15) is 0 Å². The molecule has 0 aromatic heterocycles. The average molecular weight is 523 g/mol. The summed E-state index contributed by atoms with van der Waals surface area (Å²) in [6.45, 7) is 7.84. The van der Waals surface area contributed by atoms with Crippen LogP contribution in [0.4, 0.5) is 0 Å². The number of carbonyl (C=O) groups excluding carboxylic acids is 2. The molecule has 4 heteroatoms. The first-order valence-corrected chi connectivity index (χ1v) is 16.4. The van der Waals surface area contributed by atoms with Crippen LogP contribution in [-0.2, 0) is 19.1 Å². The van der Waals surface area contributed by atoms with Gasteiger partial charge in [0.15, 0.2) is 0 Å². The predicted octanol–water partition coefficient (Wildman–Crippen LogP) is 9.97. The summed E-state index contributed by atoms with van der Waals surface area (Å²) in [6, 6.07) is 0. The van der Waals surface area contributed by atoms with Crippen LogP contribution in [0.1, 0.15) is 168 Å². The third kappa shape index (κ3) is 18.8. The minimum atomic E-state index is -0.306. The Hall–Kier alpha value is -1.06. The van der Waals surface area contributed by atoms with Gasteiger partial charge in [-0.3, -0.25) is 9.59 Å². The zero-order valence-corrected chi connectivity index (χ0v) is 25.0. The quantitative estimate of drug-likeness (QED) is 0.0934. The number of esters is 2. The third-order valence-electron chi connectivity index (χ3n) is 8.03. The molecule has 1 aliphatic carbocycles. The molecule has 2 unspecified atom stereocenters. The van der Waals surface area contributed by atoms with Crippen molar-refractivity contribution in [2.75, 3.05) is 13.2 Å². The van der Waals surface area contributed by atoms with E-state index in [1.807, 2.05) is 0 Å². The van der Waals surface area contributed by atoms with E-state index < -0.39 is 0 Å². The molecule has 0 spiro atoms. The molecule has 0 bridgehead atoms. The van der Waals surface area contributed by atoms with Crippen molar-refractivity contribution < 1.29 is 19.1 Å². The Balaban J connectivity index is 2.07. The lowest BCUT2D eigenvalue weighted by Crippen LogP contribution is -2.35. The Kier molecular flexibility index (Phi) is 22.0. The van der Waals surface area contributed by atoms with Crippen molar-refractivity contribution in [2.24, 2.45) is 17.8 Å². The Labute approximate surface area is 230 Å². The number of ether oxygens (including phenoxy) is 2. The molecule has 37 heavy (non-hydrogen) atoms. The molecule has 4 nitrogen and oxygen atoms in total. The maximum absolute atomic E-state index is 12.7. The van der Waals surface area contributed by atoms with Crippen LogP contribution in [0.25, 0.3) is 0 Å². The van der Waals surface area contributed by atoms with Gasteiger partial charge in [-0.1, -0.05) is 143 Å². The van der Waals surface area contributed by atoms with Gasteiger partial charge in [-0.15, -0.1) is 0 Å². The van der Waals surface area contributed by atoms with E-state index in [2.05, 4.69) is 20.8 Å². The van der Waals surface area contributed by atoms with Gasteiger partial charge < -0.3 is 9.47 Å². The summed E-state index contributed by atoms with van der Waals surface area (Å²) in [4.78, 5) is 25.4. The van der Waals surface area contributed by atoms with Gasteiger partial charge in [0.2, 0.25) is 0 Å². The Morgan fingerprint density at radius 2 is 0.919 bits per heavy atom. The summed E-state index contributed by atoms with van der Waals surface area (Å²) in [7, 11) is 0. The van der Waals surface area contributed by atoms with E-state index in [1.165, 1.54) is 96.3 Å². The largest absolute Gasteiger partial charge is 0.465 e. The highest BCUT2D eigenvalue weighted by Gasteiger charge is 2.37. The van der Waals surface area contributed by atoms with Gasteiger partial charge in [0.25, 0.3) is 0 Å². The fraction of sp³-hybridized carbons (Fsp3) is 0.939. The minimum absolute atomic E-state index is 0.175. The maximum Gasteiger partial charge on any atom is 0.309 e. The number of unbranched alkanes of at least 4 members (excludes halogenated alkanes) is 16. The Bertz CT molecular complexity index is 544. The second kappa shape index (κ2) is 24.0. The summed E-state index contributed by atoms with van der Waals surface area (Å²) in [6.07, 6.45) is 27.5. The molecule has 1 saturated carbocycles. The Morgan fingerprint density at radius 3 is 1.30 bits per heavy atom. The fourth-order valence-electron chi connectivity index (χ4n) is 5.56. The number of rotatable bonds is 24. The molecule has 218 valence electrons. The van der Waals surface area contributed by atoms with Gasteiger partial charge >= 0.3 is 11.9 Å². The van der Waals surface area contributed by atoms with Crippen LogP contribution in [0, 0.1) is 17.8 Å². The lowest BCUT2D eigenvalue weighted by molar-refractivity contribution is -0.163. The monoisotopic (exact) mass is 522 g/mol. The van der Waals surface area contributed by atoms with E-state index in [-0.39, 0.29) is 23.8 Å². The van der Waals surface area contributed by atoms with Gasteiger partial charge in [-0.25, -0.2) is 0 Å². The zero-order valence-electron chi connectivity index (χ0n) is 25.0. The fourth-order valence-corrected chi connectivity index (χ4v) is 5.56. The minimum Gasteiger partial charge on any atom is -0.465 e. The molecule has 0 radical (unpaired) electrons. The van der Waals surface area contributed by atoms with E-state index in [1.54, 1.807) is 0 Å². The molecule has 0 aliphatic heterocycles. The highest BCUT2D eigenvalue weighted by Crippen LogP contribution is 2.32. The predicted molar refractivity (Wildman–Crippen MR) is 156 cm³/mol. The lowest BCUT2D eigenvalue weighted by atomic mass is 9.79. The smallest absolute Gasteiger partial charge is 0.309 e. The Morgan fingerprint density at radius 1 is 0.568 bits per heavy atom. The highest BCUT2D eigenvalue weighted by atomic mass is 16.5. The summed E-state index contributed by atoms with van der Waals surface area (Å²) in [5.41, 5.74) is 0. The molecule has 0 amide bonds. The van der Waals surface area contributed by atoms with Gasteiger partial charge in [0.05, 0.1) is 25.0 Å². The van der Waals surface area contributed by atoms with Crippen molar-refractivity contribution in [3.63, 3.8) is 0 Å². The van der Waals surface area contributed by atoms with Gasteiger partial charge in [0, 0.05) is 0 Å². The molecule has 1 rings (SSSR count). The van der Waals surface area contributed by atoms with Crippen LogP contribution < -0.4 is 0 Å². The van der Waals surface area contributed by atoms with Crippen molar-refractivity contribution >= 4 is 11.9 Å². The average Bonchev–Trinajstić information content (AvgIpc) is 2.90. The van der Waals surface area contributed by atoms with Crippen molar-refractivity contribution in [1.82, 2.24) is 0 Å². The maximum atomic E-state index is 12.7. The van der Waals surface area contributed by atoms with E-state index >= 15 is 0 Å². The number of hydrogen-bond donors (Lipinski definition) is 0. The normalized spacial score (nSPS) is 17.7. The second-order valence-corrected chi connectivity index (χ2v) is 12.0. The van der Waals surface area contributed by atoms with Crippen molar-refractivity contribution in [3.8, 4) is 0 Å². The SMILES string of the molecule is CCCCCCCCCCCCOC(=O)C1CCCCC1C(=O)OCCCCCCCCCCC(C)C. The highest BCUT2D eigenvalue weighted by molar-refractivity contribution is 5.82. The van der Waals surface area contributed by atoms with Crippen LogP contribution in [-0.4, -0.2) is 25.2 Å². The molecule has 1 fully saturated rings. The van der Waals surface area contributed by atoms with Crippen LogP contribution in [0.15, 0.2) is 0 Å². The summed E-state index contributed by atoms with van der Waals surface area (Å²) in [5.74, 6) is -0.136. The molecule has 0 saturated heterocycles. The summed E-state index contributed by atoms with van der Waals surface area (Å²) >= 11 is 0. The summed E-state index contributed by atoms with van der Waals surface area (Å²) < 4.78 is 11.2. The van der Waals surface area contributed by atoms with Gasteiger partial charge in [-0.05, 0) is 31.6 Å². The van der Waals surface area contributed by atoms with Crippen molar-refractivity contribution in [3.05, 3.63) is 0 Å². The topological polar surface area (TPSA) is 52.6 Å². The first-order valence-electron chi connectivity index (χ1n) is 16.4. The molecular formula is C33H62O4. The number of hydrogen-bond acceptors (Lipinski definition) is 4. The standard InChI is InChI=1S/C33H62O4/c1-4-5-6-7-8-9-11-14-17-22-27-36-32(34)30-25-20-21-26-31(30)33(35)37-28-23-18-15-12-10-13-16-19-24-29(2)3/h29-31H,4-28H2,1-3H3. The van der Waals surface area contributed by atoms with E-state index in [0.717, 1.165) is 57.3 Å². The first kappa shape index (κ1) is 34.0. The summed E-state index contributed by atoms with van der Waals surface area (Å²) in [5, 5.41) is 0. The van der Waals surface area contributed by atoms with E-state index in [9.17, 15) is 9.59 Å². The molecule has 0 heterocycles. The molecule has 0 aromatic rings. The molecular weight excluding hydrogens is 460 g/mol. The molecule has 2 atom stereocenters. The van der Waals surface area contributed by atoms with Crippen LogP contribution in [0.3, 0.4) is 0 Å². The van der Waals surface area contributed by atoms with E-state index in [4.69, 9.17) is 9.47 Å². The molecule has 0 N–H and O–H groups in total. The number of carbonyl (C=O) groups is 2.